The van der Waals surface area contributed by atoms with Gasteiger partial charge in [0, 0.05) is 24.5 Å². The molecule has 0 aliphatic carbocycles. The van der Waals surface area contributed by atoms with E-state index < -0.39 is 11.9 Å². The summed E-state index contributed by atoms with van der Waals surface area (Å²) in [6.07, 6.45) is 0.731. The molecule has 1 saturated heterocycles. The number of hydrogen-bond donors (Lipinski definition) is 2. The summed E-state index contributed by atoms with van der Waals surface area (Å²) in [7, 11) is 0. The van der Waals surface area contributed by atoms with Gasteiger partial charge in [-0.15, -0.1) is 11.3 Å². The van der Waals surface area contributed by atoms with Crippen LogP contribution in [0.5, 0.6) is 0 Å². The monoisotopic (exact) mass is 316 g/mol. The van der Waals surface area contributed by atoms with Crippen molar-refractivity contribution >= 4 is 34.9 Å². The van der Waals surface area contributed by atoms with Crippen molar-refractivity contribution in [3.05, 3.63) is 21.3 Å². The van der Waals surface area contributed by atoms with Gasteiger partial charge in [0.15, 0.2) is 0 Å². The Kier molecular flexibility index (Phi) is 4.88. The van der Waals surface area contributed by atoms with Gasteiger partial charge in [0.25, 0.3) is 0 Å². The standard InChI is InChI=1S/C13H17ClN2O3S/c1-8-6-16(7-10(8)12(17)18)13(19)15-5-4-9-2-3-11(14)20-9/h2-3,8,10H,4-7H2,1H3,(H,15,19)(H,17,18)/t8-,10-/m1/s1. The van der Waals surface area contributed by atoms with Crippen molar-refractivity contribution in [1.82, 2.24) is 10.2 Å². The first-order valence-electron chi connectivity index (χ1n) is 6.47. The smallest absolute Gasteiger partial charge is 0.317 e. The highest BCUT2D eigenvalue weighted by Gasteiger charge is 2.36. The first kappa shape index (κ1) is 15.1. The quantitative estimate of drug-likeness (QED) is 0.895. The van der Waals surface area contributed by atoms with Crippen molar-refractivity contribution < 1.29 is 14.7 Å². The molecular weight excluding hydrogens is 300 g/mol. The zero-order valence-corrected chi connectivity index (χ0v) is 12.7. The summed E-state index contributed by atoms with van der Waals surface area (Å²) in [6.45, 7) is 3.17. The number of aliphatic carboxylic acids is 1. The lowest BCUT2D eigenvalue weighted by Gasteiger charge is -2.16. The van der Waals surface area contributed by atoms with Gasteiger partial charge < -0.3 is 15.3 Å². The molecule has 20 heavy (non-hydrogen) atoms. The fourth-order valence-corrected chi connectivity index (χ4v) is 3.43. The number of hydrogen-bond acceptors (Lipinski definition) is 3. The number of urea groups is 1. The second kappa shape index (κ2) is 6.45. The number of nitrogens with one attached hydrogen (secondary N) is 1. The van der Waals surface area contributed by atoms with E-state index in [4.69, 9.17) is 16.7 Å². The first-order valence-corrected chi connectivity index (χ1v) is 7.66. The molecule has 1 fully saturated rings. The highest BCUT2D eigenvalue weighted by Crippen LogP contribution is 2.23. The van der Waals surface area contributed by atoms with Crippen LogP contribution in [0.2, 0.25) is 4.34 Å². The number of carbonyl (C=O) groups is 2. The molecule has 0 aromatic carbocycles. The number of halogens is 1. The summed E-state index contributed by atoms with van der Waals surface area (Å²) in [6, 6.07) is 3.59. The van der Waals surface area contributed by atoms with E-state index in [1.807, 2.05) is 19.1 Å². The first-order chi connectivity index (χ1) is 9.47. The molecule has 0 radical (unpaired) electrons. The Balaban J connectivity index is 1.77. The van der Waals surface area contributed by atoms with Gasteiger partial charge in [-0.05, 0) is 24.5 Å². The van der Waals surface area contributed by atoms with Gasteiger partial charge in [0.1, 0.15) is 0 Å². The maximum atomic E-state index is 12.0. The number of carbonyl (C=O) groups excluding carboxylic acids is 1. The summed E-state index contributed by atoms with van der Waals surface area (Å²) < 4.78 is 0.740. The average molecular weight is 317 g/mol. The number of rotatable bonds is 4. The molecule has 2 atom stereocenters. The van der Waals surface area contributed by atoms with E-state index in [0.29, 0.717) is 13.1 Å². The minimum absolute atomic E-state index is 0.00523. The summed E-state index contributed by atoms with van der Waals surface area (Å²) in [5.74, 6) is -1.30. The van der Waals surface area contributed by atoms with Crippen LogP contribution in [0.3, 0.4) is 0 Å². The Morgan fingerprint density at radius 2 is 2.25 bits per heavy atom. The van der Waals surface area contributed by atoms with Crippen LogP contribution in [0.25, 0.3) is 0 Å². The van der Waals surface area contributed by atoms with E-state index in [1.165, 1.54) is 11.3 Å². The van der Waals surface area contributed by atoms with Gasteiger partial charge in [0.05, 0.1) is 10.3 Å². The van der Waals surface area contributed by atoms with Crippen molar-refractivity contribution in [2.45, 2.75) is 13.3 Å². The number of nitrogens with zero attached hydrogens (tertiary/aromatic N) is 1. The lowest BCUT2D eigenvalue weighted by Crippen LogP contribution is -2.39. The molecule has 1 aliphatic heterocycles. The minimum Gasteiger partial charge on any atom is -0.481 e. The van der Waals surface area contributed by atoms with Crippen molar-refractivity contribution in [2.75, 3.05) is 19.6 Å². The average Bonchev–Trinajstić information content (AvgIpc) is 2.95. The summed E-state index contributed by atoms with van der Waals surface area (Å²) >= 11 is 7.33. The largest absolute Gasteiger partial charge is 0.481 e. The fraction of sp³-hybridized carbons (Fsp3) is 0.538. The molecule has 1 aliphatic rings. The van der Waals surface area contributed by atoms with E-state index in [2.05, 4.69) is 5.32 Å². The Hall–Kier alpha value is -1.27. The van der Waals surface area contributed by atoms with Gasteiger partial charge in [-0.2, -0.15) is 0 Å². The zero-order valence-electron chi connectivity index (χ0n) is 11.1. The Labute approximate surface area is 126 Å². The highest BCUT2D eigenvalue weighted by molar-refractivity contribution is 7.16. The molecule has 5 nitrogen and oxygen atoms in total. The highest BCUT2D eigenvalue weighted by atomic mass is 35.5. The normalized spacial score (nSPS) is 22.0. The van der Waals surface area contributed by atoms with Crippen LogP contribution in [0.1, 0.15) is 11.8 Å². The Bertz CT molecular complexity index is 506. The fourth-order valence-electron chi connectivity index (χ4n) is 2.34. The zero-order chi connectivity index (χ0) is 14.7. The van der Waals surface area contributed by atoms with Gasteiger partial charge in [-0.3, -0.25) is 4.79 Å². The number of thiophene rings is 1. The molecule has 0 saturated carbocycles. The maximum Gasteiger partial charge on any atom is 0.317 e. The molecule has 2 rings (SSSR count). The third kappa shape index (κ3) is 3.64. The van der Waals surface area contributed by atoms with Gasteiger partial charge in [0.2, 0.25) is 0 Å². The molecule has 1 aromatic heterocycles. The predicted molar refractivity (Wildman–Crippen MR) is 78.3 cm³/mol. The van der Waals surface area contributed by atoms with Crippen LogP contribution >= 0.6 is 22.9 Å². The van der Waals surface area contributed by atoms with Crippen molar-refractivity contribution in [1.29, 1.82) is 0 Å². The van der Waals surface area contributed by atoms with Crippen LogP contribution in [-0.4, -0.2) is 41.6 Å². The van der Waals surface area contributed by atoms with Gasteiger partial charge in [-0.25, -0.2) is 4.79 Å². The molecule has 0 spiro atoms. The molecule has 0 bridgehead atoms. The van der Waals surface area contributed by atoms with E-state index in [1.54, 1.807) is 4.90 Å². The van der Waals surface area contributed by atoms with Gasteiger partial charge >= 0.3 is 12.0 Å². The van der Waals surface area contributed by atoms with Crippen LogP contribution in [-0.2, 0) is 11.2 Å². The van der Waals surface area contributed by atoms with E-state index in [9.17, 15) is 9.59 Å². The molecule has 2 heterocycles. The SMILES string of the molecule is C[C@@H]1CN(C(=O)NCCc2ccc(Cl)s2)C[C@H]1C(=O)O. The van der Waals surface area contributed by atoms with Crippen molar-refractivity contribution in [2.24, 2.45) is 11.8 Å². The summed E-state index contributed by atoms with van der Waals surface area (Å²) in [5.41, 5.74) is 0. The molecule has 1 aromatic rings. The Morgan fingerprint density at radius 1 is 1.50 bits per heavy atom. The molecule has 7 heteroatoms. The van der Waals surface area contributed by atoms with Crippen LogP contribution in [0, 0.1) is 11.8 Å². The lowest BCUT2D eigenvalue weighted by atomic mass is 9.99. The number of carboxylic acids is 1. The molecular formula is C13H17ClN2O3S. The lowest BCUT2D eigenvalue weighted by molar-refractivity contribution is -0.142. The van der Waals surface area contributed by atoms with Crippen LogP contribution in [0.4, 0.5) is 4.79 Å². The van der Waals surface area contributed by atoms with Crippen molar-refractivity contribution in [3.8, 4) is 0 Å². The van der Waals surface area contributed by atoms with Crippen LogP contribution in [0.15, 0.2) is 12.1 Å². The topological polar surface area (TPSA) is 69.6 Å². The maximum absolute atomic E-state index is 12.0. The van der Waals surface area contributed by atoms with Gasteiger partial charge in [-0.1, -0.05) is 18.5 Å². The van der Waals surface area contributed by atoms with E-state index in [0.717, 1.165) is 15.6 Å². The molecule has 2 amide bonds. The molecule has 110 valence electrons. The number of likely N-dealkylation sites (tertiary alicyclic amines) is 1. The Morgan fingerprint density at radius 3 is 2.80 bits per heavy atom. The summed E-state index contributed by atoms with van der Waals surface area (Å²) in [5, 5.41) is 11.9. The second-order valence-electron chi connectivity index (χ2n) is 5.01. The van der Waals surface area contributed by atoms with E-state index >= 15 is 0 Å². The predicted octanol–water partition coefficient (Wildman–Crippen LogP) is 2.31. The van der Waals surface area contributed by atoms with E-state index in [-0.39, 0.29) is 18.5 Å². The minimum atomic E-state index is -0.832. The van der Waals surface area contributed by atoms with Crippen LogP contribution < -0.4 is 5.32 Å². The third-order valence-corrected chi connectivity index (χ3v) is 4.78. The summed E-state index contributed by atoms with van der Waals surface area (Å²) in [4.78, 5) is 25.7. The third-order valence-electron chi connectivity index (χ3n) is 3.49. The number of carboxylic acid groups (broad SMARTS) is 1. The molecule has 0 unspecified atom stereocenters. The number of amides is 2. The molecule has 2 N–H and O–H groups in total. The van der Waals surface area contributed by atoms with Crippen molar-refractivity contribution in [3.63, 3.8) is 0 Å². The second-order valence-corrected chi connectivity index (χ2v) is 6.81.